The van der Waals surface area contributed by atoms with Gasteiger partial charge in [0, 0.05) is 17.1 Å². The number of sulfonamides is 1. The summed E-state index contributed by atoms with van der Waals surface area (Å²) in [7, 11) is -3.58. The normalized spacial score (nSPS) is 17.4. The molecule has 146 valence electrons. The van der Waals surface area contributed by atoms with Crippen molar-refractivity contribution in [3.8, 4) is 11.5 Å². The molecule has 0 fully saturated rings. The minimum atomic E-state index is -3.58. The van der Waals surface area contributed by atoms with Crippen LogP contribution < -0.4 is 9.47 Å². The number of hydrogen-bond acceptors (Lipinski definition) is 4. The third kappa shape index (κ3) is 4.00. The molecule has 1 aliphatic rings. The van der Waals surface area contributed by atoms with Crippen molar-refractivity contribution >= 4 is 26.0 Å². The first kappa shape index (κ1) is 20.2. The number of benzene rings is 2. The average Bonchev–Trinajstić information content (AvgIpc) is 2.63. The number of fused-ring (bicyclic) bond motifs is 1. The zero-order chi connectivity index (χ0) is 19.6. The van der Waals surface area contributed by atoms with E-state index in [4.69, 9.17) is 9.47 Å². The minimum absolute atomic E-state index is 0.280. The van der Waals surface area contributed by atoms with Gasteiger partial charge in [-0.15, -0.1) is 0 Å². The summed E-state index contributed by atoms with van der Waals surface area (Å²) in [5, 5.41) is 0. The van der Waals surface area contributed by atoms with Crippen molar-refractivity contribution in [2.45, 2.75) is 38.1 Å². The third-order valence-corrected chi connectivity index (χ3v) is 7.22. The van der Waals surface area contributed by atoms with E-state index in [1.165, 1.54) is 0 Å². The Hall–Kier alpha value is -1.57. The molecule has 1 atom stereocenters. The maximum Gasteiger partial charge on any atom is 0.243 e. The summed E-state index contributed by atoms with van der Waals surface area (Å²) in [4.78, 5) is 0.303. The van der Waals surface area contributed by atoms with Gasteiger partial charge in [-0.2, -0.15) is 4.31 Å². The molecule has 0 bridgehead atoms. The highest BCUT2D eigenvalue weighted by Gasteiger charge is 2.34. The quantitative estimate of drug-likeness (QED) is 0.643. The van der Waals surface area contributed by atoms with Crippen molar-refractivity contribution in [2.24, 2.45) is 0 Å². The van der Waals surface area contributed by atoms with Crippen molar-refractivity contribution in [1.82, 2.24) is 4.31 Å². The van der Waals surface area contributed by atoms with Crippen LogP contribution in [0.15, 0.2) is 45.8 Å². The fourth-order valence-electron chi connectivity index (χ4n) is 3.41. The van der Waals surface area contributed by atoms with Crippen molar-refractivity contribution in [3.05, 3.63) is 52.0 Å². The number of ether oxygens (including phenoxy) is 2. The van der Waals surface area contributed by atoms with Gasteiger partial charge in [-0.05, 0) is 74.7 Å². The lowest BCUT2D eigenvalue weighted by Crippen LogP contribution is -2.38. The van der Waals surface area contributed by atoms with Crippen molar-refractivity contribution in [1.29, 1.82) is 0 Å². The van der Waals surface area contributed by atoms with Crippen LogP contribution in [0.3, 0.4) is 0 Å². The van der Waals surface area contributed by atoms with E-state index in [9.17, 15) is 8.42 Å². The Morgan fingerprint density at radius 2 is 1.67 bits per heavy atom. The van der Waals surface area contributed by atoms with Gasteiger partial charge < -0.3 is 9.47 Å². The molecule has 1 unspecified atom stereocenters. The van der Waals surface area contributed by atoms with E-state index >= 15 is 0 Å². The summed E-state index contributed by atoms with van der Waals surface area (Å²) in [5.41, 5.74) is 2.07. The highest BCUT2D eigenvalue weighted by Crippen LogP contribution is 2.40. The van der Waals surface area contributed by atoms with Gasteiger partial charge in [0.15, 0.2) is 11.5 Å². The lowest BCUT2D eigenvalue weighted by molar-refractivity contribution is 0.282. The lowest BCUT2D eigenvalue weighted by Gasteiger charge is -2.35. The second-order valence-electron chi connectivity index (χ2n) is 6.36. The first-order valence-electron chi connectivity index (χ1n) is 9.08. The molecule has 0 saturated carbocycles. The summed E-state index contributed by atoms with van der Waals surface area (Å²) >= 11 is 3.35. The van der Waals surface area contributed by atoms with Gasteiger partial charge in [-0.25, -0.2) is 8.42 Å². The molecule has 0 aromatic heterocycles. The maximum absolute atomic E-state index is 13.2. The van der Waals surface area contributed by atoms with Crippen molar-refractivity contribution in [3.63, 3.8) is 0 Å². The van der Waals surface area contributed by atoms with E-state index in [1.54, 1.807) is 28.6 Å². The third-order valence-electron chi connectivity index (χ3n) is 4.71. The molecule has 0 spiro atoms. The Balaban J connectivity index is 1.98. The second-order valence-corrected chi connectivity index (χ2v) is 9.17. The SMILES string of the molecule is CCOc1cc2c(cc1OCC)C(C)N(S(=O)(=O)c1ccc(Br)cc1)CC2. The monoisotopic (exact) mass is 453 g/mol. The molecule has 0 aliphatic carbocycles. The molecule has 0 amide bonds. The highest BCUT2D eigenvalue weighted by molar-refractivity contribution is 9.10. The zero-order valence-corrected chi connectivity index (χ0v) is 18.1. The zero-order valence-electron chi connectivity index (χ0n) is 15.7. The van der Waals surface area contributed by atoms with Crippen LogP contribution in [0.1, 0.15) is 37.9 Å². The predicted octanol–water partition coefficient (Wildman–Crippen LogP) is 4.55. The molecule has 5 nitrogen and oxygen atoms in total. The molecule has 2 aromatic carbocycles. The van der Waals surface area contributed by atoms with Crippen molar-refractivity contribution in [2.75, 3.05) is 19.8 Å². The van der Waals surface area contributed by atoms with Crippen LogP contribution in [0.4, 0.5) is 0 Å². The Labute approximate surface area is 169 Å². The van der Waals surface area contributed by atoms with Crippen LogP contribution in [0, 0.1) is 0 Å². The van der Waals surface area contributed by atoms with Crippen LogP contribution in [0.5, 0.6) is 11.5 Å². The molecule has 7 heteroatoms. The molecular formula is C20H24BrNO4S. The van der Waals surface area contributed by atoms with Crippen LogP contribution >= 0.6 is 15.9 Å². The molecule has 1 aliphatic heterocycles. The van der Waals surface area contributed by atoms with Gasteiger partial charge in [0.1, 0.15) is 0 Å². The molecule has 3 rings (SSSR count). The average molecular weight is 454 g/mol. The fraction of sp³-hybridized carbons (Fsp3) is 0.400. The van der Waals surface area contributed by atoms with E-state index < -0.39 is 10.0 Å². The van der Waals surface area contributed by atoms with Gasteiger partial charge in [0.25, 0.3) is 0 Å². The number of rotatable bonds is 6. The number of nitrogens with zero attached hydrogens (tertiary/aromatic N) is 1. The first-order valence-corrected chi connectivity index (χ1v) is 11.3. The van der Waals surface area contributed by atoms with Crippen LogP contribution in [0.25, 0.3) is 0 Å². The van der Waals surface area contributed by atoms with Gasteiger partial charge in [0.2, 0.25) is 10.0 Å². The smallest absolute Gasteiger partial charge is 0.243 e. The second kappa shape index (κ2) is 8.20. The van der Waals surface area contributed by atoms with Gasteiger partial charge in [-0.1, -0.05) is 15.9 Å². The Bertz CT molecular complexity index is 912. The molecule has 0 N–H and O–H groups in total. The molecule has 2 aromatic rings. The molecule has 1 heterocycles. The first-order chi connectivity index (χ1) is 12.9. The lowest BCUT2D eigenvalue weighted by atomic mass is 9.94. The summed E-state index contributed by atoms with van der Waals surface area (Å²) in [6.45, 7) is 7.29. The topological polar surface area (TPSA) is 55.8 Å². The van der Waals surface area contributed by atoms with Crippen LogP contribution in [-0.2, 0) is 16.4 Å². The van der Waals surface area contributed by atoms with Crippen LogP contribution in [0.2, 0.25) is 0 Å². The minimum Gasteiger partial charge on any atom is -0.490 e. The van der Waals surface area contributed by atoms with E-state index in [2.05, 4.69) is 15.9 Å². The Kier molecular flexibility index (Phi) is 6.13. The molecule has 0 radical (unpaired) electrons. The van der Waals surface area contributed by atoms with E-state index in [0.717, 1.165) is 21.3 Å². The summed E-state index contributed by atoms with van der Waals surface area (Å²) in [6, 6.07) is 10.4. The van der Waals surface area contributed by atoms with E-state index in [-0.39, 0.29) is 6.04 Å². The van der Waals surface area contributed by atoms with Crippen LogP contribution in [-0.4, -0.2) is 32.5 Å². The summed E-state index contributed by atoms with van der Waals surface area (Å²) in [6.07, 6.45) is 0.641. The summed E-state index contributed by atoms with van der Waals surface area (Å²) < 4.78 is 40.2. The van der Waals surface area contributed by atoms with Crippen molar-refractivity contribution < 1.29 is 17.9 Å². The highest BCUT2D eigenvalue weighted by atomic mass is 79.9. The standard InChI is InChI=1S/C20H24BrNO4S/c1-4-25-19-12-15-10-11-22(14(3)18(15)13-20(19)26-5-2)27(23,24)17-8-6-16(21)7-9-17/h6-9,12-14H,4-5,10-11H2,1-3H3. The maximum atomic E-state index is 13.2. The van der Waals surface area contributed by atoms with Gasteiger partial charge >= 0.3 is 0 Å². The van der Waals surface area contributed by atoms with E-state index in [1.807, 2.05) is 32.9 Å². The Morgan fingerprint density at radius 1 is 1.07 bits per heavy atom. The Morgan fingerprint density at radius 3 is 2.26 bits per heavy atom. The predicted molar refractivity (Wildman–Crippen MR) is 109 cm³/mol. The number of halogens is 1. The van der Waals surface area contributed by atoms with Gasteiger partial charge in [-0.3, -0.25) is 0 Å². The number of hydrogen-bond donors (Lipinski definition) is 0. The summed E-state index contributed by atoms with van der Waals surface area (Å²) in [5.74, 6) is 1.38. The largest absolute Gasteiger partial charge is 0.490 e. The van der Waals surface area contributed by atoms with Gasteiger partial charge in [0.05, 0.1) is 18.1 Å². The van der Waals surface area contributed by atoms with E-state index in [0.29, 0.717) is 36.8 Å². The molecule has 0 saturated heterocycles. The fourth-order valence-corrected chi connectivity index (χ4v) is 5.29. The molecule has 27 heavy (non-hydrogen) atoms. The molecular weight excluding hydrogens is 430 g/mol.